The molecule has 25 heavy (non-hydrogen) atoms. The van der Waals surface area contributed by atoms with Crippen LogP contribution in [0.15, 0.2) is 23.1 Å². The number of benzene rings is 1. The summed E-state index contributed by atoms with van der Waals surface area (Å²) in [5, 5.41) is 3.03. The van der Waals surface area contributed by atoms with Crippen LogP contribution in [-0.4, -0.2) is 44.3 Å². The maximum absolute atomic E-state index is 13.0. The van der Waals surface area contributed by atoms with Crippen molar-refractivity contribution in [2.45, 2.75) is 43.5 Å². The number of hydrogen-bond acceptors (Lipinski definition) is 4. The number of carbonyl (C=O) groups excluding carboxylic acids is 1. The number of amides is 1. The number of sulfonamides is 1. The van der Waals surface area contributed by atoms with Crippen LogP contribution in [0.25, 0.3) is 0 Å². The van der Waals surface area contributed by atoms with Crippen LogP contribution < -0.4 is 11.1 Å². The zero-order valence-corrected chi connectivity index (χ0v) is 16.6. The van der Waals surface area contributed by atoms with Crippen molar-refractivity contribution in [3.63, 3.8) is 0 Å². The van der Waals surface area contributed by atoms with Gasteiger partial charge < -0.3 is 11.1 Å². The van der Waals surface area contributed by atoms with Crippen molar-refractivity contribution in [1.82, 2.24) is 9.62 Å². The van der Waals surface area contributed by atoms with E-state index < -0.39 is 10.0 Å². The molecule has 1 saturated heterocycles. The molecule has 6 nitrogen and oxygen atoms in total. The Kier molecular flexibility index (Phi) is 8.63. The first-order valence-electron chi connectivity index (χ1n) is 8.11. The number of rotatable bonds is 6. The lowest BCUT2D eigenvalue weighted by molar-refractivity contribution is -0.121. The fourth-order valence-electron chi connectivity index (χ4n) is 2.89. The SMILES string of the molecule is Cc1cccc(S(=O)(=O)N2CCCCC2CNC(=O)CCN)c1Cl.Cl. The molecule has 0 aliphatic carbocycles. The predicted octanol–water partition coefficient (Wildman–Crippen LogP) is 2.08. The number of carbonyl (C=O) groups is 1. The van der Waals surface area contributed by atoms with Crippen LogP contribution in [0.4, 0.5) is 0 Å². The molecule has 1 heterocycles. The Bertz CT molecular complexity index is 698. The van der Waals surface area contributed by atoms with E-state index in [2.05, 4.69) is 5.32 Å². The third kappa shape index (κ3) is 5.31. The average molecular weight is 410 g/mol. The van der Waals surface area contributed by atoms with Gasteiger partial charge in [0.2, 0.25) is 15.9 Å². The van der Waals surface area contributed by atoms with E-state index in [0.29, 0.717) is 19.5 Å². The number of nitrogens with two attached hydrogens (primary N) is 1. The van der Waals surface area contributed by atoms with Gasteiger partial charge >= 0.3 is 0 Å². The van der Waals surface area contributed by atoms with Gasteiger partial charge in [0.05, 0.1) is 5.02 Å². The first kappa shape index (κ1) is 22.2. The second-order valence-electron chi connectivity index (χ2n) is 6.00. The molecule has 1 aliphatic heterocycles. The third-order valence-corrected chi connectivity index (χ3v) is 6.83. The second kappa shape index (κ2) is 9.73. The highest BCUT2D eigenvalue weighted by molar-refractivity contribution is 7.89. The van der Waals surface area contributed by atoms with Crippen molar-refractivity contribution in [3.05, 3.63) is 28.8 Å². The minimum absolute atomic E-state index is 0. The van der Waals surface area contributed by atoms with E-state index in [1.54, 1.807) is 19.1 Å². The smallest absolute Gasteiger partial charge is 0.244 e. The molecule has 0 bridgehead atoms. The van der Waals surface area contributed by atoms with E-state index in [-0.39, 0.29) is 47.2 Å². The summed E-state index contributed by atoms with van der Waals surface area (Å²) >= 11 is 6.22. The minimum atomic E-state index is -3.70. The number of piperidine rings is 1. The Balaban J connectivity index is 0.00000312. The first-order valence-corrected chi connectivity index (χ1v) is 9.93. The Morgan fingerprint density at radius 2 is 2.12 bits per heavy atom. The average Bonchev–Trinajstić information content (AvgIpc) is 2.56. The van der Waals surface area contributed by atoms with E-state index in [4.69, 9.17) is 17.3 Å². The minimum Gasteiger partial charge on any atom is -0.354 e. The van der Waals surface area contributed by atoms with Gasteiger partial charge in [0.25, 0.3) is 0 Å². The summed E-state index contributed by atoms with van der Waals surface area (Å²) in [7, 11) is -3.70. The molecule has 1 amide bonds. The lowest BCUT2D eigenvalue weighted by atomic mass is 10.1. The molecule has 1 unspecified atom stereocenters. The van der Waals surface area contributed by atoms with Crippen LogP contribution in [0.1, 0.15) is 31.2 Å². The Hall–Kier alpha value is -0.860. The summed E-state index contributed by atoms with van der Waals surface area (Å²) in [4.78, 5) is 11.8. The van der Waals surface area contributed by atoms with Crippen LogP contribution in [0.3, 0.4) is 0 Å². The zero-order chi connectivity index (χ0) is 17.7. The Morgan fingerprint density at radius 3 is 2.80 bits per heavy atom. The van der Waals surface area contributed by atoms with Crippen LogP contribution in [0.5, 0.6) is 0 Å². The van der Waals surface area contributed by atoms with Crippen LogP contribution in [0.2, 0.25) is 5.02 Å². The first-order chi connectivity index (χ1) is 11.4. The van der Waals surface area contributed by atoms with E-state index >= 15 is 0 Å². The van der Waals surface area contributed by atoms with Gasteiger partial charge in [-0.1, -0.05) is 30.2 Å². The van der Waals surface area contributed by atoms with E-state index in [9.17, 15) is 13.2 Å². The monoisotopic (exact) mass is 409 g/mol. The normalized spacial score (nSPS) is 18.4. The van der Waals surface area contributed by atoms with E-state index in [0.717, 1.165) is 18.4 Å². The number of nitrogens with zero attached hydrogens (tertiary/aromatic N) is 1. The molecule has 1 aliphatic rings. The van der Waals surface area contributed by atoms with Crippen molar-refractivity contribution in [2.75, 3.05) is 19.6 Å². The molecule has 142 valence electrons. The van der Waals surface area contributed by atoms with Gasteiger partial charge in [-0.3, -0.25) is 4.79 Å². The fraction of sp³-hybridized carbons (Fsp3) is 0.562. The van der Waals surface area contributed by atoms with Crippen LogP contribution in [0, 0.1) is 6.92 Å². The topological polar surface area (TPSA) is 92.5 Å². The molecule has 1 aromatic carbocycles. The molecule has 0 saturated carbocycles. The highest BCUT2D eigenvalue weighted by atomic mass is 35.5. The number of halogens is 2. The third-order valence-electron chi connectivity index (χ3n) is 4.22. The summed E-state index contributed by atoms with van der Waals surface area (Å²) < 4.78 is 27.6. The van der Waals surface area contributed by atoms with Crippen molar-refractivity contribution < 1.29 is 13.2 Å². The molecule has 9 heteroatoms. The maximum Gasteiger partial charge on any atom is 0.244 e. The van der Waals surface area contributed by atoms with Gasteiger partial charge in [0.1, 0.15) is 4.90 Å². The Morgan fingerprint density at radius 1 is 1.40 bits per heavy atom. The summed E-state index contributed by atoms with van der Waals surface area (Å²) in [6.07, 6.45) is 2.69. The van der Waals surface area contributed by atoms with Crippen molar-refractivity contribution >= 4 is 39.9 Å². The fourth-order valence-corrected chi connectivity index (χ4v) is 5.14. The highest BCUT2D eigenvalue weighted by Crippen LogP contribution is 2.31. The predicted molar refractivity (Wildman–Crippen MR) is 102 cm³/mol. The van der Waals surface area contributed by atoms with Gasteiger partial charge in [-0.05, 0) is 31.4 Å². The molecule has 1 aromatic rings. The van der Waals surface area contributed by atoms with Gasteiger partial charge in [0.15, 0.2) is 0 Å². The number of hydrogen-bond donors (Lipinski definition) is 2. The number of aryl methyl sites for hydroxylation is 1. The van der Waals surface area contributed by atoms with Crippen LogP contribution in [-0.2, 0) is 14.8 Å². The molecule has 1 atom stereocenters. The van der Waals surface area contributed by atoms with Crippen molar-refractivity contribution in [2.24, 2.45) is 5.73 Å². The standard InChI is InChI=1S/C16H24ClN3O3S.ClH/c1-12-5-4-7-14(16(12)17)24(22,23)20-10-3-2-6-13(20)11-19-15(21)8-9-18;/h4-5,7,13H,2-3,6,8-11,18H2,1H3,(H,19,21);1H. The largest absolute Gasteiger partial charge is 0.354 e. The molecule has 0 aromatic heterocycles. The van der Waals surface area contributed by atoms with Crippen LogP contribution >= 0.6 is 24.0 Å². The summed E-state index contributed by atoms with van der Waals surface area (Å²) in [6.45, 7) is 2.78. The van der Waals surface area contributed by atoms with Gasteiger partial charge in [-0.15, -0.1) is 12.4 Å². The van der Waals surface area contributed by atoms with Gasteiger partial charge in [-0.2, -0.15) is 4.31 Å². The second-order valence-corrected chi connectivity index (χ2v) is 8.23. The lowest BCUT2D eigenvalue weighted by Gasteiger charge is -2.35. The van der Waals surface area contributed by atoms with Crippen molar-refractivity contribution in [3.8, 4) is 0 Å². The molecule has 1 fully saturated rings. The van der Waals surface area contributed by atoms with Gasteiger partial charge in [-0.25, -0.2) is 8.42 Å². The molecular formula is C16H25Cl2N3O3S. The molecule has 3 N–H and O–H groups in total. The zero-order valence-electron chi connectivity index (χ0n) is 14.2. The number of nitrogens with one attached hydrogen (secondary N) is 1. The summed E-state index contributed by atoms with van der Waals surface area (Å²) in [5.41, 5.74) is 6.08. The molecular weight excluding hydrogens is 385 g/mol. The molecule has 2 rings (SSSR count). The Labute approximate surface area is 160 Å². The molecule has 0 radical (unpaired) electrons. The lowest BCUT2D eigenvalue weighted by Crippen LogP contribution is -2.49. The highest BCUT2D eigenvalue weighted by Gasteiger charge is 2.34. The molecule has 0 spiro atoms. The summed E-state index contributed by atoms with van der Waals surface area (Å²) in [5.74, 6) is -0.158. The quantitative estimate of drug-likeness (QED) is 0.751. The van der Waals surface area contributed by atoms with Gasteiger partial charge in [0, 0.05) is 32.1 Å². The summed E-state index contributed by atoms with van der Waals surface area (Å²) in [6, 6.07) is 4.74. The van der Waals surface area contributed by atoms with Crippen molar-refractivity contribution in [1.29, 1.82) is 0 Å². The van der Waals surface area contributed by atoms with E-state index in [1.807, 2.05) is 0 Å². The maximum atomic E-state index is 13.0. The van der Waals surface area contributed by atoms with E-state index in [1.165, 1.54) is 10.4 Å².